The summed E-state index contributed by atoms with van der Waals surface area (Å²) >= 11 is 6.13. The summed E-state index contributed by atoms with van der Waals surface area (Å²) in [5.41, 5.74) is 0. The fraction of sp³-hybridized carbons (Fsp3) is 0.700. The average Bonchev–Trinajstić information content (AvgIpc) is 3.12. The van der Waals surface area contributed by atoms with Gasteiger partial charge >= 0.3 is 0 Å². The van der Waals surface area contributed by atoms with Crippen molar-refractivity contribution in [1.82, 2.24) is 19.8 Å². The topological polar surface area (TPSA) is 104 Å². The Bertz CT molecular complexity index is 961. The molecule has 4 unspecified atom stereocenters. The first-order valence-electron chi connectivity index (χ1n) is 10.9. The van der Waals surface area contributed by atoms with E-state index in [0.717, 1.165) is 51.4 Å². The Morgan fingerprint density at radius 3 is 2.10 bits per heavy atom. The van der Waals surface area contributed by atoms with Crippen LogP contribution >= 0.6 is 11.6 Å². The van der Waals surface area contributed by atoms with E-state index in [0.29, 0.717) is 11.7 Å². The van der Waals surface area contributed by atoms with Gasteiger partial charge in [-0.25, -0.2) is 18.4 Å². The standard InChI is InChI=1S/C20H26ClN5O4S/c21-17-18(23-4-3-22-17)25-9-7-24(8-10-25)5-1-2-6-26-19(27)15-13-11-31(29,30)12-14(13)16(15)20(26)28/h3-4,13-16H,1-2,5-12H2. The fourth-order valence-electron chi connectivity index (χ4n) is 5.71. The number of likely N-dealkylation sites (tertiary alicyclic amines) is 1. The van der Waals surface area contributed by atoms with E-state index in [9.17, 15) is 18.0 Å². The van der Waals surface area contributed by atoms with Crippen molar-refractivity contribution in [2.45, 2.75) is 12.8 Å². The number of hydrogen-bond donors (Lipinski definition) is 0. The Morgan fingerprint density at radius 2 is 1.48 bits per heavy atom. The Kier molecular flexibility index (Phi) is 5.42. The van der Waals surface area contributed by atoms with Crippen molar-refractivity contribution in [3.8, 4) is 0 Å². The zero-order chi connectivity index (χ0) is 21.8. The molecule has 0 N–H and O–H groups in total. The second-order valence-electron chi connectivity index (χ2n) is 8.99. The zero-order valence-electron chi connectivity index (χ0n) is 17.2. The van der Waals surface area contributed by atoms with Crippen LogP contribution < -0.4 is 4.90 Å². The molecule has 168 valence electrons. The highest BCUT2D eigenvalue weighted by molar-refractivity contribution is 7.91. The third-order valence-corrected chi connectivity index (χ3v) is 9.32. The van der Waals surface area contributed by atoms with Crippen molar-refractivity contribution < 1.29 is 18.0 Å². The summed E-state index contributed by atoms with van der Waals surface area (Å²) in [6.07, 6.45) is 4.89. The first kappa shape index (κ1) is 21.1. The number of fused-ring (bicyclic) bond motifs is 4. The third kappa shape index (κ3) is 3.72. The monoisotopic (exact) mass is 467 g/mol. The number of carbonyl (C=O) groups excluding carboxylic acids is 2. The van der Waals surface area contributed by atoms with Crippen LogP contribution in [0.2, 0.25) is 5.15 Å². The predicted octanol–water partition coefficient (Wildman–Crippen LogP) is 0.308. The van der Waals surface area contributed by atoms with E-state index in [4.69, 9.17) is 11.6 Å². The van der Waals surface area contributed by atoms with Crippen LogP contribution in [0.5, 0.6) is 0 Å². The van der Waals surface area contributed by atoms with Crippen molar-refractivity contribution in [3.05, 3.63) is 17.5 Å². The highest BCUT2D eigenvalue weighted by Crippen LogP contribution is 2.56. The number of rotatable bonds is 6. The Hall–Kier alpha value is -1.78. The second-order valence-corrected chi connectivity index (χ2v) is 11.5. The molecule has 31 heavy (non-hydrogen) atoms. The van der Waals surface area contributed by atoms with Gasteiger partial charge in [-0.05, 0) is 31.2 Å². The number of anilines is 1. The molecule has 1 aliphatic carbocycles. The molecule has 2 amide bonds. The number of carbonyl (C=O) groups is 2. The maximum Gasteiger partial charge on any atom is 0.233 e. The maximum atomic E-state index is 12.7. The van der Waals surface area contributed by atoms with Gasteiger partial charge < -0.3 is 4.90 Å². The number of hydrogen-bond acceptors (Lipinski definition) is 8. The molecular weight excluding hydrogens is 442 g/mol. The lowest BCUT2D eigenvalue weighted by Crippen LogP contribution is -2.47. The summed E-state index contributed by atoms with van der Waals surface area (Å²) in [6.45, 7) is 4.81. The molecule has 0 bridgehead atoms. The molecule has 3 aliphatic heterocycles. The molecule has 3 saturated heterocycles. The summed E-state index contributed by atoms with van der Waals surface area (Å²) in [5, 5.41) is 0.423. The summed E-state index contributed by atoms with van der Waals surface area (Å²) < 4.78 is 23.7. The maximum absolute atomic E-state index is 12.7. The zero-order valence-corrected chi connectivity index (χ0v) is 18.8. The molecule has 9 nitrogen and oxygen atoms in total. The van der Waals surface area contributed by atoms with Crippen LogP contribution in [0.4, 0.5) is 5.82 Å². The van der Waals surface area contributed by atoms with Crippen LogP contribution in [-0.4, -0.2) is 90.8 Å². The van der Waals surface area contributed by atoms with Gasteiger partial charge in [-0.3, -0.25) is 19.4 Å². The summed E-state index contributed by atoms with van der Waals surface area (Å²) in [4.78, 5) is 39.7. The van der Waals surface area contributed by atoms with Crippen molar-refractivity contribution >= 4 is 39.1 Å². The van der Waals surface area contributed by atoms with Gasteiger partial charge in [0.15, 0.2) is 20.8 Å². The third-order valence-electron chi connectivity index (χ3n) is 7.27. The first-order chi connectivity index (χ1) is 14.9. The van der Waals surface area contributed by atoms with Crippen LogP contribution in [-0.2, 0) is 19.4 Å². The molecular formula is C20H26ClN5O4S. The minimum absolute atomic E-state index is 0.0669. The van der Waals surface area contributed by atoms with E-state index >= 15 is 0 Å². The van der Waals surface area contributed by atoms with Gasteiger partial charge in [0.05, 0.1) is 23.3 Å². The molecule has 4 atom stereocenters. The SMILES string of the molecule is O=C1C2C3CS(=O)(=O)CC3C2C(=O)N1CCCCN1CCN(c2nccnc2Cl)CC1. The quantitative estimate of drug-likeness (QED) is 0.435. The smallest absolute Gasteiger partial charge is 0.233 e. The summed E-state index contributed by atoms with van der Waals surface area (Å²) in [6, 6.07) is 0. The number of nitrogens with zero attached hydrogens (tertiary/aromatic N) is 5. The molecule has 1 saturated carbocycles. The Labute approximate surface area is 186 Å². The lowest BCUT2D eigenvalue weighted by Gasteiger charge is -2.39. The van der Waals surface area contributed by atoms with Crippen LogP contribution in [0.3, 0.4) is 0 Å². The van der Waals surface area contributed by atoms with Crippen LogP contribution in [0.1, 0.15) is 12.8 Å². The van der Waals surface area contributed by atoms with Gasteiger partial charge in [-0.15, -0.1) is 0 Å². The van der Waals surface area contributed by atoms with Crippen molar-refractivity contribution in [2.75, 3.05) is 55.7 Å². The van der Waals surface area contributed by atoms with Gasteiger partial charge in [-0.2, -0.15) is 0 Å². The molecule has 4 aliphatic rings. The second kappa shape index (κ2) is 7.97. The van der Waals surface area contributed by atoms with Crippen LogP contribution in [0.25, 0.3) is 0 Å². The van der Waals surface area contributed by atoms with Crippen molar-refractivity contribution in [2.24, 2.45) is 23.7 Å². The number of unbranched alkanes of at least 4 members (excludes halogenated alkanes) is 1. The van der Waals surface area contributed by atoms with Crippen LogP contribution in [0.15, 0.2) is 12.4 Å². The lowest BCUT2D eigenvalue weighted by atomic mass is 9.59. The molecule has 0 aromatic carbocycles. The fourth-order valence-corrected chi connectivity index (χ4v) is 8.15. The summed E-state index contributed by atoms with van der Waals surface area (Å²) in [7, 11) is -3.09. The number of sulfone groups is 1. The van der Waals surface area contributed by atoms with E-state index in [1.807, 2.05) is 0 Å². The average molecular weight is 468 g/mol. The largest absolute Gasteiger partial charge is 0.351 e. The predicted molar refractivity (Wildman–Crippen MR) is 114 cm³/mol. The Balaban J connectivity index is 1.06. The number of piperazine rings is 1. The van der Waals surface area contributed by atoms with Gasteiger partial charge in [0.25, 0.3) is 0 Å². The molecule has 1 aromatic heterocycles. The van der Waals surface area contributed by atoms with Gasteiger partial charge in [0, 0.05) is 45.1 Å². The van der Waals surface area contributed by atoms with Gasteiger partial charge in [0.2, 0.25) is 11.8 Å². The lowest BCUT2D eigenvalue weighted by molar-refractivity contribution is -0.139. The van der Waals surface area contributed by atoms with E-state index in [1.54, 1.807) is 12.4 Å². The minimum Gasteiger partial charge on any atom is -0.351 e. The normalized spacial score (nSPS) is 32.2. The van der Waals surface area contributed by atoms with E-state index < -0.39 is 21.7 Å². The number of imide groups is 1. The number of amides is 2. The van der Waals surface area contributed by atoms with E-state index in [-0.39, 0.29) is 35.2 Å². The molecule has 4 heterocycles. The minimum atomic E-state index is -3.09. The number of aromatic nitrogens is 2. The van der Waals surface area contributed by atoms with Crippen LogP contribution in [0, 0.1) is 23.7 Å². The molecule has 1 aromatic rings. The highest BCUT2D eigenvalue weighted by Gasteiger charge is 2.67. The molecule has 11 heteroatoms. The van der Waals surface area contributed by atoms with Crippen molar-refractivity contribution in [1.29, 1.82) is 0 Å². The molecule has 0 spiro atoms. The Morgan fingerprint density at radius 1 is 0.903 bits per heavy atom. The summed E-state index contributed by atoms with van der Waals surface area (Å²) in [5.74, 6) is -0.514. The molecule has 4 fully saturated rings. The number of halogens is 1. The van der Waals surface area contributed by atoms with Gasteiger partial charge in [-0.1, -0.05) is 11.6 Å². The molecule has 5 rings (SSSR count). The van der Waals surface area contributed by atoms with Gasteiger partial charge in [0.1, 0.15) is 0 Å². The molecule has 0 radical (unpaired) electrons. The van der Waals surface area contributed by atoms with E-state index in [1.165, 1.54) is 4.90 Å². The first-order valence-corrected chi connectivity index (χ1v) is 13.0. The van der Waals surface area contributed by atoms with E-state index in [2.05, 4.69) is 19.8 Å². The van der Waals surface area contributed by atoms with Crippen molar-refractivity contribution in [3.63, 3.8) is 0 Å². The highest BCUT2D eigenvalue weighted by atomic mass is 35.5.